The number of aromatic nitrogens is 2. The monoisotopic (exact) mass is 426 g/mol. The van der Waals surface area contributed by atoms with E-state index in [0.29, 0.717) is 22.6 Å². The molecule has 0 aliphatic carbocycles. The van der Waals surface area contributed by atoms with Crippen molar-refractivity contribution >= 4 is 23.5 Å². The van der Waals surface area contributed by atoms with E-state index in [0.717, 1.165) is 0 Å². The number of hydrazone groups is 1. The molecule has 0 saturated heterocycles. The van der Waals surface area contributed by atoms with Gasteiger partial charge in [-0.25, -0.2) is 5.43 Å². The lowest BCUT2D eigenvalue weighted by molar-refractivity contribution is -0.386. The van der Waals surface area contributed by atoms with Crippen molar-refractivity contribution in [1.82, 2.24) is 15.2 Å². The van der Waals surface area contributed by atoms with Gasteiger partial charge in [-0.1, -0.05) is 12.1 Å². The number of nitrogens with one attached hydrogen (secondary N) is 1. The second kappa shape index (κ2) is 8.57. The van der Waals surface area contributed by atoms with Crippen LogP contribution in [0.25, 0.3) is 11.3 Å². The minimum Gasteiger partial charge on any atom is -0.455 e. The Balaban J connectivity index is 1.67. The zero-order chi connectivity index (χ0) is 22.7. The van der Waals surface area contributed by atoms with Gasteiger partial charge in [0.25, 0.3) is 11.6 Å². The Labute approximate surface area is 175 Å². The van der Waals surface area contributed by atoms with Crippen molar-refractivity contribution in [2.24, 2.45) is 5.10 Å². The third-order valence-electron chi connectivity index (χ3n) is 4.59. The second-order valence-corrected chi connectivity index (χ2v) is 6.64. The number of nitrogens with zero attached hydrogens (tertiary/aromatic N) is 5. The number of carbonyl (C=O) groups is 1. The molecule has 2 heterocycles. The third kappa shape index (κ3) is 4.47. The Morgan fingerprint density at radius 3 is 2.58 bits per heavy atom. The quantitative estimate of drug-likeness (QED) is 0.345. The molecule has 160 valence electrons. The topological polar surface area (TPSA) is 159 Å². The molecule has 3 aromatic rings. The molecule has 1 aromatic carbocycles. The fourth-order valence-corrected chi connectivity index (χ4v) is 3.10. The van der Waals surface area contributed by atoms with Crippen molar-refractivity contribution in [1.29, 1.82) is 0 Å². The van der Waals surface area contributed by atoms with Crippen molar-refractivity contribution < 1.29 is 19.1 Å². The summed E-state index contributed by atoms with van der Waals surface area (Å²) in [5.41, 5.74) is 3.69. The van der Waals surface area contributed by atoms with Crippen LogP contribution in [0.4, 0.5) is 11.4 Å². The van der Waals surface area contributed by atoms with Gasteiger partial charge >= 0.3 is 5.69 Å². The first kappa shape index (κ1) is 21.4. The third-order valence-corrected chi connectivity index (χ3v) is 4.59. The van der Waals surface area contributed by atoms with E-state index in [1.54, 1.807) is 31.2 Å². The lowest BCUT2D eigenvalue weighted by Crippen LogP contribution is -2.24. The Morgan fingerprint density at radius 2 is 1.94 bits per heavy atom. The molecule has 12 heteroatoms. The first-order chi connectivity index (χ1) is 14.7. The van der Waals surface area contributed by atoms with Crippen molar-refractivity contribution in [2.75, 3.05) is 0 Å². The molecule has 0 saturated carbocycles. The molecule has 0 fully saturated rings. The van der Waals surface area contributed by atoms with Crippen molar-refractivity contribution in [3.8, 4) is 11.3 Å². The van der Waals surface area contributed by atoms with Crippen molar-refractivity contribution in [3.05, 3.63) is 73.3 Å². The molecular formula is C19H18N6O6. The predicted molar refractivity (Wildman–Crippen MR) is 110 cm³/mol. The highest BCUT2D eigenvalue weighted by Crippen LogP contribution is 2.30. The van der Waals surface area contributed by atoms with Crippen LogP contribution in [-0.2, 0) is 11.3 Å². The number of carbonyl (C=O) groups excluding carboxylic acids is 1. The number of aryl methyl sites for hydroxylation is 1. The Kier molecular flexibility index (Phi) is 5.90. The summed E-state index contributed by atoms with van der Waals surface area (Å²) in [6.07, 6.45) is 1.28. The molecular weight excluding hydrogens is 408 g/mol. The largest absolute Gasteiger partial charge is 0.455 e. The molecule has 0 atom stereocenters. The molecule has 12 nitrogen and oxygen atoms in total. The van der Waals surface area contributed by atoms with Gasteiger partial charge < -0.3 is 4.42 Å². The lowest BCUT2D eigenvalue weighted by Gasteiger charge is -2.03. The van der Waals surface area contributed by atoms with Gasteiger partial charge in [-0.05, 0) is 32.9 Å². The molecule has 0 spiro atoms. The van der Waals surface area contributed by atoms with E-state index in [9.17, 15) is 25.0 Å². The van der Waals surface area contributed by atoms with Crippen molar-refractivity contribution in [3.63, 3.8) is 0 Å². The fourth-order valence-electron chi connectivity index (χ4n) is 3.10. The summed E-state index contributed by atoms with van der Waals surface area (Å²) in [6, 6.07) is 7.94. The van der Waals surface area contributed by atoms with Gasteiger partial charge in [0.15, 0.2) is 0 Å². The van der Waals surface area contributed by atoms with Gasteiger partial charge in [0.1, 0.15) is 29.5 Å². The van der Waals surface area contributed by atoms with Crippen LogP contribution in [0.5, 0.6) is 0 Å². The maximum atomic E-state index is 12.1. The predicted octanol–water partition coefficient (Wildman–Crippen LogP) is 3.04. The number of benzene rings is 1. The highest BCUT2D eigenvalue weighted by molar-refractivity contribution is 5.81. The number of rotatable bonds is 7. The van der Waals surface area contributed by atoms with E-state index in [1.807, 2.05) is 0 Å². The van der Waals surface area contributed by atoms with E-state index in [2.05, 4.69) is 15.6 Å². The second-order valence-electron chi connectivity index (χ2n) is 6.64. The highest BCUT2D eigenvalue weighted by atomic mass is 16.6. The van der Waals surface area contributed by atoms with Gasteiger partial charge in [0.2, 0.25) is 0 Å². The van der Waals surface area contributed by atoms with Gasteiger partial charge in [-0.15, -0.1) is 0 Å². The maximum Gasteiger partial charge on any atom is 0.312 e. The molecule has 2 aromatic heterocycles. The smallest absolute Gasteiger partial charge is 0.312 e. The summed E-state index contributed by atoms with van der Waals surface area (Å²) in [5, 5.41) is 29.9. The molecule has 1 N–H and O–H groups in total. The van der Waals surface area contributed by atoms with Gasteiger partial charge in [-0.2, -0.15) is 10.2 Å². The van der Waals surface area contributed by atoms with E-state index in [4.69, 9.17) is 4.42 Å². The zero-order valence-corrected chi connectivity index (χ0v) is 16.9. The Hall–Kier alpha value is -4.35. The van der Waals surface area contributed by atoms with Crippen LogP contribution in [0.15, 0.2) is 39.9 Å². The van der Waals surface area contributed by atoms with Crippen LogP contribution >= 0.6 is 0 Å². The minimum atomic E-state index is -0.540. The van der Waals surface area contributed by atoms with Gasteiger partial charge in [0, 0.05) is 17.2 Å². The first-order valence-corrected chi connectivity index (χ1v) is 9.03. The normalized spacial score (nSPS) is 11.1. The van der Waals surface area contributed by atoms with Crippen LogP contribution in [-0.4, -0.2) is 31.7 Å². The lowest BCUT2D eigenvalue weighted by atomic mass is 10.1. The molecule has 0 radical (unpaired) electrons. The molecule has 0 aliphatic rings. The Bertz CT molecular complexity index is 1210. The van der Waals surface area contributed by atoms with Crippen LogP contribution < -0.4 is 5.43 Å². The summed E-state index contributed by atoms with van der Waals surface area (Å²) in [4.78, 5) is 33.2. The maximum absolute atomic E-state index is 12.1. The summed E-state index contributed by atoms with van der Waals surface area (Å²) in [7, 11) is 0. The molecule has 0 bridgehead atoms. The highest BCUT2D eigenvalue weighted by Gasteiger charge is 2.22. The van der Waals surface area contributed by atoms with Crippen LogP contribution in [0.3, 0.4) is 0 Å². The van der Waals surface area contributed by atoms with Crippen LogP contribution in [0, 0.1) is 41.0 Å². The molecule has 0 unspecified atom stereocenters. The van der Waals surface area contributed by atoms with Gasteiger partial charge in [0.05, 0.1) is 16.1 Å². The summed E-state index contributed by atoms with van der Waals surface area (Å²) >= 11 is 0. The van der Waals surface area contributed by atoms with E-state index in [-0.39, 0.29) is 29.3 Å². The zero-order valence-electron chi connectivity index (χ0n) is 16.9. The van der Waals surface area contributed by atoms with E-state index >= 15 is 0 Å². The van der Waals surface area contributed by atoms with Gasteiger partial charge in [-0.3, -0.25) is 29.7 Å². The van der Waals surface area contributed by atoms with Crippen LogP contribution in [0.2, 0.25) is 0 Å². The summed E-state index contributed by atoms with van der Waals surface area (Å²) in [6.45, 7) is 4.39. The minimum absolute atomic E-state index is 0.0132. The summed E-state index contributed by atoms with van der Waals surface area (Å²) < 4.78 is 6.86. The van der Waals surface area contributed by atoms with E-state index < -0.39 is 15.8 Å². The molecule has 3 rings (SSSR count). The first-order valence-electron chi connectivity index (χ1n) is 9.03. The number of amides is 1. The molecule has 0 aliphatic heterocycles. The summed E-state index contributed by atoms with van der Waals surface area (Å²) in [5.74, 6) is 0.213. The number of hydrogen-bond donors (Lipinski definition) is 1. The standard InChI is InChI=1S/C19H18N6O6/c1-11-15(5-4-6-16(11)24(27)28)17-8-7-14(31-17)9-20-21-18(26)10-23-13(3)19(25(29)30)12(2)22-23/h4-9H,10H2,1-3H3,(H,21,26)/b20-9+. The van der Waals surface area contributed by atoms with Crippen molar-refractivity contribution in [2.45, 2.75) is 27.3 Å². The SMILES string of the molecule is Cc1nn(CC(=O)N/N=C/c2ccc(-c3cccc([N+](=O)[O-])c3C)o2)c(C)c1[N+](=O)[O-]. The van der Waals surface area contributed by atoms with E-state index in [1.165, 1.54) is 30.8 Å². The average molecular weight is 426 g/mol. The number of nitro groups is 2. The fraction of sp³-hybridized carbons (Fsp3) is 0.211. The Morgan fingerprint density at radius 1 is 1.19 bits per heavy atom. The number of nitro benzene ring substituents is 1. The average Bonchev–Trinajstić information content (AvgIpc) is 3.26. The van der Waals surface area contributed by atoms with Crippen LogP contribution in [0.1, 0.15) is 22.7 Å². The number of hydrogen-bond acceptors (Lipinski definition) is 8. The number of furan rings is 1. The molecule has 1 amide bonds. The molecule has 31 heavy (non-hydrogen) atoms.